The average Bonchev–Trinajstić information content (AvgIpc) is 2.81. The van der Waals surface area contributed by atoms with Crippen molar-refractivity contribution < 1.29 is 9.90 Å². The third-order valence-electron chi connectivity index (χ3n) is 4.78. The van der Waals surface area contributed by atoms with Gasteiger partial charge in [-0.05, 0) is 45.2 Å². The van der Waals surface area contributed by atoms with E-state index < -0.39 is 5.97 Å². The molecule has 1 N–H and O–H groups in total. The summed E-state index contributed by atoms with van der Waals surface area (Å²) in [7, 11) is 0. The summed E-state index contributed by atoms with van der Waals surface area (Å²) in [6.07, 6.45) is 5.56. The Morgan fingerprint density at radius 2 is 2.00 bits per heavy atom. The number of rotatable bonds is 3. The highest BCUT2D eigenvalue weighted by atomic mass is 16.4. The van der Waals surface area contributed by atoms with Crippen molar-refractivity contribution in [1.29, 1.82) is 0 Å². The second-order valence-electron chi connectivity index (χ2n) is 6.45. The zero-order chi connectivity index (χ0) is 15.9. The zero-order valence-electron chi connectivity index (χ0n) is 13.4. The van der Waals surface area contributed by atoms with E-state index >= 15 is 0 Å². The summed E-state index contributed by atoms with van der Waals surface area (Å²) in [4.78, 5) is 18.3. The number of carboxylic acid groups (broad SMARTS) is 1. The molecule has 1 aliphatic heterocycles. The van der Waals surface area contributed by atoms with E-state index in [0.29, 0.717) is 24.3 Å². The van der Waals surface area contributed by atoms with Gasteiger partial charge in [-0.15, -0.1) is 0 Å². The first-order valence-electron chi connectivity index (χ1n) is 7.94. The van der Waals surface area contributed by atoms with Crippen molar-refractivity contribution in [3.8, 4) is 0 Å². The second kappa shape index (κ2) is 5.72. The molecule has 3 rings (SSSR count). The van der Waals surface area contributed by atoms with Gasteiger partial charge in [-0.3, -0.25) is 4.90 Å². The van der Waals surface area contributed by atoms with Crippen molar-refractivity contribution in [2.24, 2.45) is 0 Å². The van der Waals surface area contributed by atoms with Crippen LogP contribution in [0.15, 0.2) is 18.3 Å². The molecular weight excluding hydrogens is 278 g/mol. The van der Waals surface area contributed by atoms with E-state index in [2.05, 4.69) is 23.7 Å². The molecule has 5 heteroatoms. The maximum atomic E-state index is 11.6. The van der Waals surface area contributed by atoms with Crippen LogP contribution in [-0.4, -0.2) is 37.4 Å². The number of fused-ring (bicyclic) bond motifs is 1. The quantitative estimate of drug-likeness (QED) is 0.946. The monoisotopic (exact) mass is 301 g/mol. The molecule has 0 bridgehead atoms. The van der Waals surface area contributed by atoms with Crippen LogP contribution >= 0.6 is 0 Å². The third-order valence-corrected chi connectivity index (χ3v) is 4.78. The zero-order valence-corrected chi connectivity index (χ0v) is 13.4. The lowest BCUT2D eigenvalue weighted by Crippen LogP contribution is -2.43. The van der Waals surface area contributed by atoms with Gasteiger partial charge in [0.1, 0.15) is 5.65 Å². The molecule has 1 fully saturated rings. The number of piperidine rings is 1. The van der Waals surface area contributed by atoms with E-state index in [1.54, 1.807) is 0 Å². The molecule has 2 aromatic heterocycles. The van der Waals surface area contributed by atoms with Gasteiger partial charge in [-0.1, -0.05) is 12.5 Å². The number of hydrogen-bond donors (Lipinski definition) is 1. The fourth-order valence-electron chi connectivity index (χ4n) is 3.48. The molecule has 0 aliphatic carbocycles. The van der Waals surface area contributed by atoms with Crippen molar-refractivity contribution in [3.05, 3.63) is 35.3 Å². The molecule has 0 saturated carbocycles. The summed E-state index contributed by atoms with van der Waals surface area (Å²) >= 11 is 0. The smallest absolute Gasteiger partial charge is 0.356 e. The van der Waals surface area contributed by atoms with Crippen LogP contribution in [0, 0.1) is 6.92 Å². The lowest BCUT2D eigenvalue weighted by molar-refractivity contribution is 0.0678. The number of imidazole rings is 1. The number of carboxylic acids is 1. The maximum absolute atomic E-state index is 11.6. The van der Waals surface area contributed by atoms with Crippen LogP contribution in [0.3, 0.4) is 0 Å². The number of likely N-dealkylation sites (tertiary alicyclic amines) is 1. The summed E-state index contributed by atoms with van der Waals surface area (Å²) in [5, 5.41) is 9.50. The van der Waals surface area contributed by atoms with Gasteiger partial charge in [0.15, 0.2) is 5.69 Å². The highest BCUT2D eigenvalue weighted by molar-refractivity contribution is 5.88. The first-order valence-corrected chi connectivity index (χ1v) is 7.94. The lowest BCUT2D eigenvalue weighted by atomic mass is 9.97. The average molecular weight is 301 g/mol. The normalized spacial score (nSPS) is 23.0. The number of pyridine rings is 1. The van der Waals surface area contributed by atoms with Crippen molar-refractivity contribution in [3.63, 3.8) is 0 Å². The Hall–Kier alpha value is -1.88. The van der Waals surface area contributed by atoms with Gasteiger partial charge in [0.25, 0.3) is 0 Å². The summed E-state index contributed by atoms with van der Waals surface area (Å²) in [5.41, 5.74) is 2.76. The highest BCUT2D eigenvalue weighted by Crippen LogP contribution is 2.26. The van der Waals surface area contributed by atoms with Crippen LogP contribution in [0.1, 0.15) is 54.9 Å². The van der Waals surface area contributed by atoms with Crippen LogP contribution in [0.4, 0.5) is 0 Å². The van der Waals surface area contributed by atoms with E-state index in [4.69, 9.17) is 0 Å². The van der Waals surface area contributed by atoms with E-state index in [0.717, 1.165) is 11.3 Å². The summed E-state index contributed by atoms with van der Waals surface area (Å²) < 4.78 is 1.94. The van der Waals surface area contributed by atoms with Crippen LogP contribution in [0.5, 0.6) is 0 Å². The van der Waals surface area contributed by atoms with E-state index in [1.165, 1.54) is 19.3 Å². The Kier molecular flexibility index (Phi) is 3.91. The summed E-state index contributed by atoms with van der Waals surface area (Å²) in [5.74, 6) is -0.950. The Morgan fingerprint density at radius 3 is 2.64 bits per heavy atom. The topological polar surface area (TPSA) is 57.8 Å². The largest absolute Gasteiger partial charge is 0.476 e. The number of carbonyl (C=O) groups is 1. The van der Waals surface area contributed by atoms with Gasteiger partial charge >= 0.3 is 5.97 Å². The van der Waals surface area contributed by atoms with E-state index in [9.17, 15) is 9.90 Å². The Bertz CT molecular complexity index is 697. The highest BCUT2D eigenvalue weighted by Gasteiger charge is 2.28. The Balaban J connectivity index is 2.06. The van der Waals surface area contributed by atoms with Gasteiger partial charge in [-0.25, -0.2) is 9.78 Å². The van der Waals surface area contributed by atoms with Crippen molar-refractivity contribution in [1.82, 2.24) is 14.3 Å². The Morgan fingerprint density at radius 1 is 1.32 bits per heavy atom. The van der Waals surface area contributed by atoms with Crippen LogP contribution in [-0.2, 0) is 6.54 Å². The summed E-state index contributed by atoms with van der Waals surface area (Å²) in [6, 6.07) is 4.79. The molecule has 1 saturated heterocycles. The molecular formula is C17H23N3O2. The van der Waals surface area contributed by atoms with Gasteiger partial charge in [0, 0.05) is 24.8 Å². The predicted molar refractivity (Wildman–Crippen MR) is 85.2 cm³/mol. The minimum absolute atomic E-state index is 0.176. The second-order valence-corrected chi connectivity index (χ2v) is 6.45. The number of hydrogen-bond acceptors (Lipinski definition) is 3. The number of nitrogens with zero attached hydrogens (tertiary/aromatic N) is 3. The molecule has 1 aliphatic rings. The molecule has 3 heterocycles. The van der Waals surface area contributed by atoms with Crippen molar-refractivity contribution in [2.45, 2.75) is 58.7 Å². The third kappa shape index (κ3) is 2.61. The molecule has 0 spiro atoms. The molecule has 118 valence electrons. The first kappa shape index (κ1) is 15.0. The van der Waals surface area contributed by atoms with Gasteiger partial charge in [0.05, 0.1) is 5.69 Å². The SMILES string of the molecule is Cc1ccc2nc(C(=O)O)c(CN3C(C)CCCC3C)n2c1. The lowest BCUT2D eigenvalue weighted by Gasteiger charge is -2.38. The minimum atomic E-state index is -0.950. The Labute approximate surface area is 130 Å². The van der Waals surface area contributed by atoms with Crippen LogP contribution in [0.2, 0.25) is 0 Å². The molecule has 0 radical (unpaired) electrons. The van der Waals surface area contributed by atoms with E-state index in [-0.39, 0.29) is 5.69 Å². The van der Waals surface area contributed by atoms with Crippen LogP contribution < -0.4 is 0 Å². The molecule has 2 aromatic rings. The van der Waals surface area contributed by atoms with Gasteiger partial charge in [-0.2, -0.15) is 0 Å². The first-order chi connectivity index (χ1) is 10.5. The summed E-state index contributed by atoms with van der Waals surface area (Å²) in [6.45, 7) is 7.10. The fraction of sp³-hybridized carbons (Fsp3) is 0.529. The minimum Gasteiger partial charge on any atom is -0.476 e. The standard InChI is InChI=1S/C17H23N3O2/c1-11-7-8-15-18-16(17(21)22)14(20(15)9-11)10-19-12(2)5-4-6-13(19)3/h7-9,12-13H,4-6,10H2,1-3H3,(H,21,22). The fourth-order valence-corrected chi connectivity index (χ4v) is 3.48. The maximum Gasteiger partial charge on any atom is 0.356 e. The predicted octanol–water partition coefficient (Wildman–Crippen LogP) is 3.10. The van der Waals surface area contributed by atoms with Crippen molar-refractivity contribution in [2.75, 3.05) is 0 Å². The number of aryl methyl sites for hydroxylation is 1. The van der Waals surface area contributed by atoms with Crippen molar-refractivity contribution >= 4 is 11.6 Å². The van der Waals surface area contributed by atoms with Crippen LogP contribution in [0.25, 0.3) is 5.65 Å². The van der Waals surface area contributed by atoms with E-state index in [1.807, 2.05) is 29.7 Å². The molecule has 0 amide bonds. The number of aromatic carboxylic acids is 1. The molecule has 22 heavy (non-hydrogen) atoms. The molecule has 0 aromatic carbocycles. The molecule has 2 unspecified atom stereocenters. The van der Waals surface area contributed by atoms with Gasteiger partial charge in [0.2, 0.25) is 0 Å². The molecule has 5 nitrogen and oxygen atoms in total. The van der Waals surface area contributed by atoms with Gasteiger partial charge < -0.3 is 9.51 Å². The molecule has 2 atom stereocenters. The number of aromatic nitrogens is 2.